The van der Waals surface area contributed by atoms with Gasteiger partial charge in [-0.15, -0.1) is 11.3 Å². The van der Waals surface area contributed by atoms with Crippen molar-refractivity contribution in [1.29, 1.82) is 0 Å². The van der Waals surface area contributed by atoms with Crippen LogP contribution in [0.2, 0.25) is 5.02 Å². The summed E-state index contributed by atoms with van der Waals surface area (Å²) in [5, 5.41) is 1.54. The van der Waals surface area contributed by atoms with E-state index in [0.29, 0.717) is 10.6 Å². The van der Waals surface area contributed by atoms with Crippen molar-refractivity contribution in [2.45, 2.75) is 13.0 Å². The third-order valence-electron chi connectivity index (χ3n) is 3.36. The molecule has 0 amide bonds. The molecule has 4 heteroatoms. The molecule has 0 saturated carbocycles. The monoisotopic (exact) mass is 305 g/mol. The van der Waals surface area contributed by atoms with Gasteiger partial charge in [0, 0.05) is 14.6 Å². The number of aryl methyl sites for hydroxylation is 1. The van der Waals surface area contributed by atoms with Crippen LogP contribution in [0.3, 0.4) is 0 Å². The maximum absolute atomic E-state index is 13.5. The van der Waals surface area contributed by atoms with Crippen LogP contribution in [0.1, 0.15) is 22.0 Å². The highest BCUT2D eigenvalue weighted by atomic mass is 35.5. The number of thiophene rings is 1. The highest BCUT2D eigenvalue weighted by molar-refractivity contribution is 7.19. The molecule has 0 aliphatic carbocycles. The standard InChI is InChI=1S/C16H13ClFNS/c1-9-6-11(12(17)8-13(9)18)16(19)15-7-10-4-2-3-5-14(10)20-15/h2-8,16H,19H2,1H3. The van der Waals surface area contributed by atoms with E-state index in [1.165, 1.54) is 10.8 Å². The number of halogens is 2. The Hall–Kier alpha value is -1.42. The fourth-order valence-corrected chi connectivity index (χ4v) is 3.58. The predicted molar refractivity (Wildman–Crippen MR) is 84.0 cm³/mol. The first-order chi connectivity index (χ1) is 9.56. The first-order valence-electron chi connectivity index (χ1n) is 6.26. The number of fused-ring (bicyclic) bond motifs is 1. The number of benzene rings is 2. The van der Waals surface area contributed by atoms with Crippen LogP contribution in [0.5, 0.6) is 0 Å². The molecule has 102 valence electrons. The van der Waals surface area contributed by atoms with Gasteiger partial charge in [0.2, 0.25) is 0 Å². The number of hydrogen-bond acceptors (Lipinski definition) is 2. The van der Waals surface area contributed by atoms with Crippen molar-refractivity contribution in [2.24, 2.45) is 5.73 Å². The number of nitrogens with two attached hydrogens (primary N) is 1. The Morgan fingerprint density at radius 2 is 1.95 bits per heavy atom. The molecule has 0 fully saturated rings. The van der Waals surface area contributed by atoms with Gasteiger partial charge in [0.1, 0.15) is 5.82 Å². The zero-order valence-corrected chi connectivity index (χ0v) is 12.4. The van der Waals surface area contributed by atoms with E-state index in [9.17, 15) is 4.39 Å². The molecule has 0 bridgehead atoms. The third-order valence-corrected chi connectivity index (χ3v) is 4.89. The van der Waals surface area contributed by atoms with Crippen molar-refractivity contribution in [1.82, 2.24) is 0 Å². The molecule has 1 aromatic heterocycles. The van der Waals surface area contributed by atoms with Crippen LogP contribution >= 0.6 is 22.9 Å². The Bertz CT molecular complexity index is 748. The van der Waals surface area contributed by atoms with Gasteiger partial charge in [-0.3, -0.25) is 0 Å². The van der Waals surface area contributed by atoms with Gasteiger partial charge in [-0.25, -0.2) is 4.39 Å². The molecular formula is C16H13ClFNS. The van der Waals surface area contributed by atoms with E-state index in [0.717, 1.165) is 15.8 Å². The molecule has 0 aliphatic rings. The zero-order chi connectivity index (χ0) is 14.3. The lowest BCUT2D eigenvalue weighted by molar-refractivity contribution is 0.617. The fraction of sp³-hybridized carbons (Fsp3) is 0.125. The van der Waals surface area contributed by atoms with Crippen molar-refractivity contribution in [3.63, 3.8) is 0 Å². The molecule has 1 heterocycles. The number of hydrogen-bond donors (Lipinski definition) is 1. The summed E-state index contributed by atoms with van der Waals surface area (Å²) in [6, 6.07) is 12.9. The molecule has 2 N–H and O–H groups in total. The Morgan fingerprint density at radius 1 is 1.20 bits per heavy atom. The van der Waals surface area contributed by atoms with Gasteiger partial charge < -0.3 is 5.73 Å². The van der Waals surface area contributed by atoms with E-state index in [4.69, 9.17) is 17.3 Å². The van der Waals surface area contributed by atoms with Gasteiger partial charge >= 0.3 is 0 Å². The quantitative estimate of drug-likeness (QED) is 0.704. The molecule has 3 rings (SSSR count). The molecule has 0 radical (unpaired) electrons. The van der Waals surface area contributed by atoms with Crippen LogP contribution in [0.15, 0.2) is 42.5 Å². The SMILES string of the molecule is Cc1cc(C(N)c2cc3ccccc3s2)c(Cl)cc1F. The first-order valence-corrected chi connectivity index (χ1v) is 7.45. The van der Waals surface area contributed by atoms with Crippen LogP contribution < -0.4 is 5.73 Å². The van der Waals surface area contributed by atoms with E-state index < -0.39 is 0 Å². The Balaban J connectivity index is 2.07. The third kappa shape index (κ3) is 2.33. The van der Waals surface area contributed by atoms with E-state index in [2.05, 4.69) is 18.2 Å². The summed E-state index contributed by atoms with van der Waals surface area (Å²) in [6.45, 7) is 1.72. The second-order valence-electron chi connectivity index (χ2n) is 4.79. The summed E-state index contributed by atoms with van der Waals surface area (Å²) in [6.07, 6.45) is 0. The summed E-state index contributed by atoms with van der Waals surface area (Å²) in [4.78, 5) is 1.03. The molecule has 1 nitrogen and oxygen atoms in total. The largest absolute Gasteiger partial charge is 0.320 e. The van der Waals surface area contributed by atoms with Crippen molar-refractivity contribution >= 4 is 33.0 Å². The molecule has 1 atom stereocenters. The first kappa shape index (κ1) is 13.6. The van der Waals surface area contributed by atoms with E-state index in [-0.39, 0.29) is 11.9 Å². The second-order valence-corrected chi connectivity index (χ2v) is 6.31. The van der Waals surface area contributed by atoms with Gasteiger partial charge in [-0.05, 0) is 47.7 Å². The zero-order valence-electron chi connectivity index (χ0n) is 10.9. The normalized spacial score (nSPS) is 12.8. The molecule has 0 saturated heterocycles. The predicted octanol–water partition coefficient (Wildman–Crippen LogP) is 5.05. The van der Waals surface area contributed by atoms with Crippen LogP contribution in [-0.2, 0) is 0 Å². The minimum atomic E-state index is -0.334. The van der Waals surface area contributed by atoms with Crippen LogP contribution in [-0.4, -0.2) is 0 Å². The highest BCUT2D eigenvalue weighted by Gasteiger charge is 2.17. The molecule has 1 unspecified atom stereocenters. The minimum absolute atomic E-state index is 0.303. The summed E-state index contributed by atoms with van der Waals surface area (Å²) in [7, 11) is 0. The Labute approximate surface area is 125 Å². The molecular weight excluding hydrogens is 293 g/mol. The molecule has 2 aromatic carbocycles. The van der Waals surface area contributed by atoms with Crippen molar-refractivity contribution in [2.75, 3.05) is 0 Å². The lowest BCUT2D eigenvalue weighted by atomic mass is 10.0. The van der Waals surface area contributed by atoms with Crippen LogP contribution in [0, 0.1) is 12.7 Å². The summed E-state index contributed by atoms with van der Waals surface area (Å²) in [5.74, 6) is -0.303. The average Bonchev–Trinajstić information content (AvgIpc) is 2.86. The van der Waals surface area contributed by atoms with Crippen LogP contribution in [0.25, 0.3) is 10.1 Å². The summed E-state index contributed by atoms with van der Waals surface area (Å²) in [5.41, 5.74) is 7.62. The van der Waals surface area contributed by atoms with Gasteiger partial charge in [-0.2, -0.15) is 0 Å². The highest BCUT2D eigenvalue weighted by Crippen LogP contribution is 2.35. The van der Waals surface area contributed by atoms with Gasteiger partial charge in [-0.1, -0.05) is 29.8 Å². The molecule has 3 aromatic rings. The second kappa shape index (κ2) is 5.17. The maximum atomic E-state index is 13.5. The minimum Gasteiger partial charge on any atom is -0.320 e. The van der Waals surface area contributed by atoms with Crippen LogP contribution in [0.4, 0.5) is 4.39 Å². The van der Waals surface area contributed by atoms with E-state index in [1.54, 1.807) is 24.3 Å². The smallest absolute Gasteiger partial charge is 0.127 e. The number of rotatable bonds is 2. The molecule has 20 heavy (non-hydrogen) atoms. The average molecular weight is 306 g/mol. The van der Waals surface area contributed by atoms with E-state index >= 15 is 0 Å². The van der Waals surface area contributed by atoms with Crippen molar-refractivity contribution < 1.29 is 4.39 Å². The lowest BCUT2D eigenvalue weighted by Crippen LogP contribution is -2.11. The topological polar surface area (TPSA) is 26.0 Å². The molecule has 0 aliphatic heterocycles. The molecule has 0 spiro atoms. The summed E-state index contributed by atoms with van der Waals surface area (Å²) >= 11 is 7.77. The maximum Gasteiger partial charge on any atom is 0.127 e. The Morgan fingerprint density at radius 3 is 2.70 bits per heavy atom. The summed E-state index contributed by atoms with van der Waals surface area (Å²) < 4.78 is 14.7. The van der Waals surface area contributed by atoms with Gasteiger partial charge in [0.25, 0.3) is 0 Å². The van der Waals surface area contributed by atoms with E-state index in [1.807, 2.05) is 12.1 Å². The van der Waals surface area contributed by atoms with Gasteiger partial charge in [0.05, 0.1) is 6.04 Å². The Kier molecular flexibility index (Phi) is 3.50. The van der Waals surface area contributed by atoms with Crippen molar-refractivity contribution in [3.8, 4) is 0 Å². The van der Waals surface area contributed by atoms with Crippen molar-refractivity contribution in [3.05, 3.63) is 69.3 Å². The fourth-order valence-electron chi connectivity index (χ4n) is 2.23. The lowest BCUT2D eigenvalue weighted by Gasteiger charge is -2.13. The van der Waals surface area contributed by atoms with Gasteiger partial charge in [0.15, 0.2) is 0 Å².